The molecule has 3 heteroatoms. The molecule has 2 heterocycles. The molecule has 0 saturated carbocycles. The Morgan fingerprint density at radius 3 is 1.68 bits per heavy atom. The molecule has 3 nitrogen and oxygen atoms in total. The van der Waals surface area contributed by atoms with E-state index < -0.39 is 0 Å². The topological polar surface area (TPSA) is 30.7 Å². The standard InChI is InChI=1S/C34H23N3/c1-4-12-24(13-5-1)25-20-22-27(23-21-25)34-35-31(26-14-6-2-7-15-26)33-32(36-34)29-18-10-11-19-30(29)37(33)28-16-8-3-9-17-28/h1-23H. The van der Waals surface area contributed by atoms with Crippen LogP contribution in [-0.2, 0) is 0 Å². The van der Waals surface area contributed by atoms with Gasteiger partial charge in [0.25, 0.3) is 0 Å². The second-order valence-corrected chi connectivity index (χ2v) is 9.09. The number of aromatic nitrogens is 3. The molecule has 0 aliphatic rings. The van der Waals surface area contributed by atoms with Gasteiger partial charge in [-0.2, -0.15) is 0 Å². The summed E-state index contributed by atoms with van der Waals surface area (Å²) in [6.45, 7) is 0. The van der Waals surface area contributed by atoms with E-state index >= 15 is 0 Å². The lowest BCUT2D eigenvalue weighted by Crippen LogP contribution is -1.99. The third kappa shape index (κ3) is 3.69. The van der Waals surface area contributed by atoms with Crippen LogP contribution in [0.2, 0.25) is 0 Å². The third-order valence-corrected chi connectivity index (χ3v) is 6.82. The van der Waals surface area contributed by atoms with E-state index in [1.165, 1.54) is 11.1 Å². The number of rotatable bonds is 4. The third-order valence-electron chi connectivity index (χ3n) is 6.82. The van der Waals surface area contributed by atoms with E-state index in [1.54, 1.807) is 0 Å². The predicted molar refractivity (Wildman–Crippen MR) is 153 cm³/mol. The largest absolute Gasteiger partial charge is 0.306 e. The molecule has 174 valence electrons. The molecule has 37 heavy (non-hydrogen) atoms. The van der Waals surface area contributed by atoms with Crippen molar-refractivity contribution in [1.29, 1.82) is 0 Å². The van der Waals surface area contributed by atoms with Crippen molar-refractivity contribution in [3.8, 4) is 39.5 Å². The lowest BCUT2D eigenvalue weighted by atomic mass is 10.0. The summed E-state index contributed by atoms with van der Waals surface area (Å²) in [6.07, 6.45) is 0. The van der Waals surface area contributed by atoms with Crippen molar-refractivity contribution in [1.82, 2.24) is 14.5 Å². The summed E-state index contributed by atoms with van der Waals surface area (Å²) in [5.74, 6) is 0.724. The van der Waals surface area contributed by atoms with Gasteiger partial charge in [-0.3, -0.25) is 0 Å². The van der Waals surface area contributed by atoms with Crippen LogP contribution in [0.1, 0.15) is 0 Å². The molecule has 7 rings (SSSR count). The van der Waals surface area contributed by atoms with Crippen molar-refractivity contribution in [2.75, 3.05) is 0 Å². The number of hydrogen-bond acceptors (Lipinski definition) is 2. The van der Waals surface area contributed by atoms with Crippen LogP contribution in [-0.4, -0.2) is 14.5 Å². The maximum absolute atomic E-state index is 5.19. The zero-order valence-corrected chi connectivity index (χ0v) is 20.1. The average Bonchev–Trinajstić information content (AvgIpc) is 3.32. The Labute approximate surface area is 215 Å². The van der Waals surface area contributed by atoms with Crippen LogP contribution in [0.15, 0.2) is 140 Å². The maximum Gasteiger partial charge on any atom is 0.160 e. The highest BCUT2D eigenvalue weighted by Crippen LogP contribution is 2.37. The minimum Gasteiger partial charge on any atom is -0.306 e. The molecule has 0 spiro atoms. The molecule has 5 aromatic carbocycles. The Kier molecular flexibility index (Phi) is 5.11. The lowest BCUT2D eigenvalue weighted by molar-refractivity contribution is 1.15. The fourth-order valence-electron chi connectivity index (χ4n) is 5.06. The number of fused-ring (bicyclic) bond motifs is 3. The number of hydrogen-bond donors (Lipinski definition) is 0. The van der Waals surface area contributed by atoms with Gasteiger partial charge in [-0.05, 0) is 29.3 Å². The van der Waals surface area contributed by atoms with Gasteiger partial charge in [-0.15, -0.1) is 0 Å². The van der Waals surface area contributed by atoms with Crippen molar-refractivity contribution in [2.45, 2.75) is 0 Å². The van der Waals surface area contributed by atoms with Crippen molar-refractivity contribution in [3.63, 3.8) is 0 Å². The van der Waals surface area contributed by atoms with E-state index in [-0.39, 0.29) is 0 Å². The highest BCUT2D eigenvalue weighted by Gasteiger charge is 2.20. The van der Waals surface area contributed by atoms with Crippen LogP contribution in [0.4, 0.5) is 0 Å². The van der Waals surface area contributed by atoms with E-state index in [1.807, 2.05) is 18.2 Å². The molecular weight excluding hydrogens is 450 g/mol. The smallest absolute Gasteiger partial charge is 0.160 e. The van der Waals surface area contributed by atoms with Crippen molar-refractivity contribution < 1.29 is 0 Å². The average molecular weight is 474 g/mol. The highest BCUT2D eigenvalue weighted by molar-refractivity contribution is 6.11. The lowest BCUT2D eigenvalue weighted by Gasteiger charge is -2.12. The summed E-state index contributed by atoms with van der Waals surface area (Å²) in [6, 6.07) is 48.3. The molecule has 0 aliphatic carbocycles. The second-order valence-electron chi connectivity index (χ2n) is 9.09. The molecule has 0 bridgehead atoms. The van der Waals surface area contributed by atoms with Crippen LogP contribution in [0, 0.1) is 0 Å². The first-order valence-electron chi connectivity index (χ1n) is 12.4. The molecule has 0 saturated heterocycles. The first kappa shape index (κ1) is 21.3. The Hall–Kier alpha value is -5.02. The molecule has 0 fully saturated rings. The van der Waals surface area contributed by atoms with Gasteiger partial charge in [0, 0.05) is 22.2 Å². The van der Waals surface area contributed by atoms with Crippen molar-refractivity contribution in [3.05, 3.63) is 140 Å². The van der Waals surface area contributed by atoms with E-state index in [4.69, 9.17) is 9.97 Å². The Morgan fingerprint density at radius 2 is 0.973 bits per heavy atom. The molecule has 0 unspecified atom stereocenters. The van der Waals surface area contributed by atoms with Gasteiger partial charge in [-0.25, -0.2) is 9.97 Å². The first-order chi connectivity index (χ1) is 18.4. The second kappa shape index (κ2) is 8.89. The van der Waals surface area contributed by atoms with Gasteiger partial charge in [0.15, 0.2) is 5.82 Å². The van der Waals surface area contributed by atoms with E-state index in [9.17, 15) is 0 Å². The summed E-state index contributed by atoms with van der Waals surface area (Å²) in [5.41, 5.74) is 9.54. The van der Waals surface area contributed by atoms with Gasteiger partial charge in [0.05, 0.1) is 16.7 Å². The summed E-state index contributed by atoms with van der Waals surface area (Å²) in [7, 11) is 0. The quantitative estimate of drug-likeness (QED) is 0.256. The molecular formula is C34H23N3. The zero-order chi connectivity index (χ0) is 24.6. The van der Waals surface area contributed by atoms with E-state index in [0.29, 0.717) is 0 Å². The maximum atomic E-state index is 5.19. The van der Waals surface area contributed by atoms with Gasteiger partial charge >= 0.3 is 0 Å². The molecule has 0 aliphatic heterocycles. The minimum absolute atomic E-state index is 0.724. The number of nitrogens with zero attached hydrogens (tertiary/aromatic N) is 3. The molecule has 0 radical (unpaired) electrons. The molecule has 0 amide bonds. The normalized spacial score (nSPS) is 11.2. The summed E-state index contributed by atoms with van der Waals surface area (Å²) < 4.78 is 2.29. The monoisotopic (exact) mass is 473 g/mol. The van der Waals surface area contributed by atoms with Crippen molar-refractivity contribution in [2.24, 2.45) is 0 Å². The number of benzene rings is 5. The van der Waals surface area contributed by atoms with Gasteiger partial charge in [0.1, 0.15) is 5.52 Å². The van der Waals surface area contributed by atoms with Crippen LogP contribution in [0.25, 0.3) is 61.4 Å². The van der Waals surface area contributed by atoms with Gasteiger partial charge in [0.2, 0.25) is 0 Å². The SMILES string of the molecule is c1ccc(-c2ccc(-c3nc(-c4ccccc4)c4c(n3)c3ccccc3n4-c3ccccc3)cc2)cc1. The summed E-state index contributed by atoms with van der Waals surface area (Å²) >= 11 is 0. The Balaban J connectivity index is 1.51. The summed E-state index contributed by atoms with van der Waals surface area (Å²) in [5, 5.41) is 1.11. The highest BCUT2D eigenvalue weighted by atomic mass is 15.0. The van der Waals surface area contributed by atoms with Crippen LogP contribution in [0.3, 0.4) is 0 Å². The summed E-state index contributed by atoms with van der Waals surface area (Å²) in [4.78, 5) is 10.4. The first-order valence-corrected chi connectivity index (χ1v) is 12.4. The fraction of sp³-hybridized carbons (Fsp3) is 0. The van der Waals surface area contributed by atoms with E-state index in [0.717, 1.165) is 50.3 Å². The van der Waals surface area contributed by atoms with Gasteiger partial charge < -0.3 is 4.57 Å². The molecule has 0 atom stereocenters. The molecule has 2 aromatic heterocycles. The zero-order valence-electron chi connectivity index (χ0n) is 20.1. The minimum atomic E-state index is 0.724. The van der Waals surface area contributed by atoms with E-state index in [2.05, 4.69) is 126 Å². The van der Waals surface area contributed by atoms with Crippen LogP contribution >= 0.6 is 0 Å². The Morgan fingerprint density at radius 1 is 0.432 bits per heavy atom. The van der Waals surface area contributed by atoms with Crippen LogP contribution in [0.5, 0.6) is 0 Å². The fourth-order valence-corrected chi connectivity index (χ4v) is 5.06. The van der Waals surface area contributed by atoms with Gasteiger partial charge in [-0.1, -0.05) is 121 Å². The number of para-hydroxylation sites is 2. The Bertz CT molecular complexity index is 1840. The molecule has 0 N–H and O–H groups in total. The molecule has 7 aromatic rings. The predicted octanol–water partition coefficient (Wildman–Crippen LogP) is 8.57. The van der Waals surface area contributed by atoms with Crippen LogP contribution < -0.4 is 0 Å². The van der Waals surface area contributed by atoms with Crippen molar-refractivity contribution >= 4 is 21.9 Å².